The van der Waals surface area contributed by atoms with Crippen molar-refractivity contribution in [3.8, 4) is 11.5 Å². The molecule has 0 aliphatic carbocycles. The number of benzene rings is 2. The summed E-state index contributed by atoms with van der Waals surface area (Å²) in [6, 6.07) is 13.2. The maximum Gasteiger partial charge on any atom is 0.255 e. The number of hydrogen-bond donors (Lipinski definition) is 2. The molecule has 2 aromatic carbocycles. The van der Waals surface area contributed by atoms with Crippen molar-refractivity contribution in [1.29, 1.82) is 0 Å². The molecule has 2 aromatic rings. The summed E-state index contributed by atoms with van der Waals surface area (Å²) in [5.74, 6) is 0.730. The van der Waals surface area contributed by atoms with Crippen molar-refractivity contribution in [2.75, 3.05) is 19.8 Å². The Morgan fingerprint density at radius 2 is 1.79 bits per heavy atom. The summed E-state index contributed by atoms with van der Waals surface area (Å²) in [4.78, 5) is 12.0. The van der Waals surface area contributed by atoms with Gasteiger partial charge in [0.2, 0.25) is 10.0 Å². The van der Waals surface area contributed by atoms with Crippen LogP contribution in [0.15, 0.2) is 58.5 Å². The Labute approximate surface area is 163 Å². The summed E-state index contributed by atoms with van der Waals surface area (Å²) < 4.78 is 37.7. The van der Waals surface area contributed by atoms with E-state index in [0.717, 1.165) is 12.0 Å². The van der Waals surface area contributed by atoms with Crippen molar-refractivity contribution in [3.63, 3.8) is 0 Å². The van der Waals surface area contributed by atoms with Crippen molar-refractivity contribution in [2.45, 2.75) is 18.2 Å². The Morgan fingerprint density at radius 3 is 2.54 bits per heavy atom. The summed E-state index contributed by atoms with van der Waals surface area (Å²) in [6.45, 7) is 2.49. The molecule has 1 heterocycles. The molecule has 148 valence electrons. The van der Waals surface area contributed by atoms with E-state index in [1.54, 1.807) is 37.3 Å². The minimum absolute atomic E-state index is 0.0923. The molecular weight excluding hydrogens is 382 g/mol. The maximum atomic E-state index is 12.1. The van der Waals surface area contributed by atoms with Crippen molar-refractivity contribution < 1.29 is 22.7 Å². The number of carbonyl (C=O) groups excluding carboxylic acids is 1. The van der Waals surface area contributed by atoms with Gasteiger partial charge in [-0.25, -0.2) is 18.6 Å². The summed E-state index contributed by atoms with van der Waals surface area (Å²) in [6.07, 6.45) is 0.812. The second-order valence-electron chi connectivity index (χ2n) is 6.08. The fourth-order valence-electron chi connectivity index (χ4n) is 2.48. The lowest BCUT2D eigenvalue weighted by atomic mass is 10.1. The van der Waals surface area contributed by atoms with Gasteiger partial charge in [0, 0.05) is 12.0 Å². The maximum absolute atomic E-state index is 12.1. The fraction of sp³-hybridized carbons (Fsp3) is 0.263. The molecule has 3 rings (SSSR count). The van der Waals surface area contributed by atoms with E-state index in [9.17, 15) is 13.2 Å². The lowest BCUT2D eigenvalue weighted by Crippen LogP contribution is -2.35. The number of rotatable bonds is 6. The molecule has 0 saturated heterocycles. The average Bonchev–Trinajstić information content (AvgIpc) is 2.96. The molecule has 0 radical (unpaired) electrons. The first-order chi connectivity index (χ1) is 13.5. The second kappa shape index (κ2) is 8.85. The number of carbonyl (C=O) groups is 1. The van der Waals surface area contributed by atoms with Gasteiger partial charge in [0.05, 0.1) is 30.4 Å². The SMILES string of the molecule is C/C(=N/NC(=O)CNS(=O)(=O)c1ccccc1)c1ccc2c(c1)OCCCO2. The molecule has 1 aliphatic rings. The number of nitrogens with zero attached hydrogens (tertiary/aromatic N) is 1. The van der Waals surface area contributed by atoms with Crippen LogP contribution in [0.5, 0.6) is 11.5 Å². The standard InChI is InChI=1S/C19H21N3O5S/c1-14(15-8-9-17-18(12-15)27-11-5-10-26-17)21-22-19(23)13-20-28(24,25)16-6-3-2-4-7-16/h2-4,6-9,12,20H,5,10-11,13H2,1H3,(H,22,23)/b21-14-. The van der Waals surface area contributed by atoms with Gasteiger partial charge in [0.1, 0.15) is 0 Å². The van der Waals surface area contributed by atoms with Crippen LogP contribution in [0.1, 0.15) is 18.9 Å². The Kier molecular flexibility index (Phi) is 6.27. The zero-order chi connectivity index (χ0) is 20.0. The van der Waals surface area contributed by atoms with E-state index >= 15 is 0 Å². The molecule has 0 bridgehead atoms. The Morgan fingerprint density at radius 1 is 1.07 bits per heavy atom. The number of sulfonamides is 1. The topological polar surface area (TPSA) is 106 Å². The molecule has 1 amide bonds. The molecule has 0 saturated carbocycles. The van der Waals surface area contributed by atoms with Gasteiger partial charge in [0.15, 0.2) is 11.5 Å². The van der Waals surface area contributed by atoms with Crippen LogP contribution in [0.4, 0.5) is 0 Å². The van der Waals surface area contributed by atoms with E-state index in [2.05, 4.69) is 15.2 Å². The van der Waals surface area contributed by atoms with E-state index in [-0.39, 0.29) is 4.90 Å². The summed E-state index contributed by atoms with van der Waals surface area (Å²) >= 11 is 0. The van der Waals surface area contributed by atoms with Crippen molar-refractivity contribution in [2.24, 2.45) is 5.10 Å². The van der Waals surface area contributed by atoms with E-state index in [0.29, 0.717) is 30.4 Å². The van der Waals surface area contributed by atoms with Crippen LogP contribution in [-0.2, 0) is 14.8 Å². The van der Waals surface area contributed by atoms with Crippen LogP contribution in [0.2, 0.25) is 0 Å². The number of ether oxygens (including phenoxy) is 2. The third-order valence-electron chi connectivity index (χ3n) is 3.99. The van der Waals surface area contributed by atoms with Gasteiger partial charge in [-0.2, -0.15) is 5.10 Å². The van der Waals surface area contributed by atoms with Gasteiger partial charge in [-0.3, -0.25) is 4.79 Å². The Hall–Kier alpha value is -2.91. The molecule has 0 fully saturated rings. The largest absolute Gasteiger partial charge is 0.490 e. The number of nitrogens with one attached hydrogen (secondary N) is 2. The minimum Gasteiger partial charge on any atom is -0.490 e. The first-order valence-electron chi connectivity index (χ1n) is 8.73. The van der Waals surface area contributed by atoms with Gasteiger partial charge >= 0.3 is 0 Å². The zero-order valence-electron chi connectivity index (χ0n) is 15.3. The fourth-order valence-corrected chi connectivity index (χ4v) is 3.49. The minimum atomic E-state index is -3.75. The lowest BCUT2D eigenvalue weighted by molar-refractivity contribution is -0.119. The van der Waals surface area contributed by atoms with Gasteiger partial charge in [-0.05, 0) is 37.3 Å². The molecule has 28 heavy (non-hydrogen) atoms. The Balaban J connectivity index is 1.59. The van der Waals surface area contributed by atoms with Crippen LogP contribution in [0, 0.1) is 0 Å². The predicted octanol–water partition coefficient (Wildman–Crippen LogP) is 1.67. The van der Waals surface area contributed by atoms with Gasteiger partial charge in [-0.15, -0.1) is 0 Å². The summed E-state index contributed by atoms with van der Waals surface area (Å²) in [5.41, 5.74) is 3.66. The highest BCUT2D eigenvalue weighted by atomic mass is 32.2. The van der Waals surface area contributed by atoms with Crippen LogP contribution in [0.3, 0.4) is 0 Å². The smallest absolute Gasteiger partial charge is 0.255 e. The highest BCUT2D eigenvalue weighted by Crippen LogP contribution is 2.30. The van der Waals surface area contributed by atoms with Crippen LogP contribution in [0.25, 0.3) is 0 Å². The van der Waals surface area contributed by atoms with Crippen LogP contribution < -0.4 is 19.6 Å². The van der Waals surface area contributed by atoms with E-state index in [1.165, 1.54) is 12.1 Å². The van der Waals surface area contributed by atoms with Gasteiger partial charge < -0.3 is 9.47 Å². The number of hydrogen-bond acceptors (Lipinski definition) is 6. The molecule has 0 atom stereocenters. The summed E-state index contributed by atoms with van der Waals surface area (Å²) in [7, 11) is -3.75. The third-order valence-corrected chi connectivity index (χ3v) is 5.41. The third kappa shape index (κ3) is 5.08. The molecule has 2 N–H and O–H groups in total. The average molecular weight is 403 g/mol. The number of amides is 1. The highest BCUT2D eigenvalue weighted by Gasteiger charge is 2.15. The molecule has 1 aliphatic heterocycles. The predicted molar refractivity (Wildman–Crippen MR) is 104 cm³/mol. The van der Waals surface area contributed by atoms with E-state index < -0.39 is 22.5 Å². The second-order valence-corrected chi connectivity index (χ2v) is 7.85. The molecule has 8 nitrogen and oxygen atoms in total. The van der Waals surface area contributed by atoms with Crippen LogP contribution in [-0.4, -0.2) is 39.8 Å². The quantitative estimate of drug-likeness (QED) is 0.564. The molecule has 0 unspecified atom stereocenters. The summed E-state index contributed by atoms with van der Waals surface area (Å²) in [5, 5.41) is 4.03. The highest BCUT2D eigenvalue weighted by molar-refractivity contribution is 7.89. The van der Waals surface area contributed by atoms with Crippen molar-refractivity contribution >= 4 is 21.6 Å². The number of fused-ring (bicyclic) bond motifs is 1. The van der Waals surface area contributed by atoms with E-state index in [4.69, 9.17) is 9.47 Å². The molecule has 0 spiro atoms. The monoisotopic (exact) mass is 403 g/mol. The van der Waals surface area contributed by atoms with Crippen molar-refractivity contribution in [1.82, 2.24) is 10.1 Å². The van der Waals surface area contributed by atoms with Crippen molar-refractivity contribution in [3.05, 3.63) is 54.1 Å². The first-order valence-corrected chi connectivity index (χ1v) is 10.2. The molecular formula is C19H21N3O5S. The lowest BCUT2D eigenvalue weighted by Gasteiger charge is -2.09. The first kappa shape index (κ1) is 19.8. The Bertz CT molecular complexity index is 974. The molecule has 9 heteroatoms. The van der Waals surface area contributed by atoms with Crippen LogP contribution >= 0.6 is 0 Å². The van der Waals surface area contributed by atoms with Gasteiger partial charge in [0.25, 0.3) is 5.91 Å². The normalized spacial score (nSPS) is 14.2. The zero-order valence-corrected chi connectivity index (χ0v) is 16.2. The van der Waals surface area contributed by atoms with E-state index in [1.807, 2.05) is 6.07 Å². The van der Waals surface area contributed by atoms with Gasteiger partial charge in [-0.1, -0.05) is 18.2 Å². The molecule has 0 aromatic heterocycles. The number of hydrazone groups is 1.